The Labute approximate surface area is 78.5 Å². The highest BCUT2D eigenvalue weighted by Crippen LogP contribution is 2.04. The van der Waals surface area contributed by atoms with Gasteiger partial charge in [-0.3, -0.25) is 4.99 Å². The normalized spacial score (nSPS) is 24.1. The van der Waals surface area contributed by atoms with E-state index in [0.29, 0.717) is 25.5 Å². The molecule has 1 heterocycles. The lowest BCUT2D eigenvalue weighted by Crippen LogP contribution is -2.39. The summed E-state index contributed by atoms with van der Waals surface area (Å²) in [7, 11) is -1.24. The highest BCUT2D eigenvalue weighted by molar-refractivity contribution is 7.91. The van der Waals surface area contributed by atoms with E-state index in [4.69, 9.17) is 5.73 Å². The van der Waals surface area contributed by atoms with E-state index in [-0.39, 0.29) is 11.5 Å². The van der Waals surface area contributed by atoms with Gasteiger partial charge in [-0.2, -0.15) is 0 Å². The van der Waals surface area contributed by atoms with E-state index in [2.05, 4.69) is 4.99 Å². The molecule has 5 nitrogen and oxygen atoms in total. The Hall–Kier alpha value is -0.780. The molecule has 0 aromatic heterocycles. The SMILES string of the molecule is CN=C(N)N1CCCS(=O)(=O)CC1. The predicted octanol–water partition coefficient (Wildman–Crippen LogP) is -0.949. The predicted molar refractivity (Wildman–Crippen MR) is 52.4 cm³/mol. The molecule has 1 aliphatic heterocycles. The minimum Gasteiger partial charge on any atom is -0.370 e. The standard InChI is InChI=1S/C7H15N3O2S/c1-9-7(8)10-3-2-5-13(11,12)6-4-10/h2-6H2,1H3,(H2,8,9). The number of hydrogen-bond acceptors (Lipinski definition) is 3. The van der Waals surface area contributed by atoms with Crippen LogP contribution in [0.1, 0.15) is 6.42 Å². The second kappa shape index (κ2) is 3.95. The molecule has 0 aromatic rings. The second-order valence-corrected chi connectivity index (χ2v) is 5.38. The number of sulfone groups is 1. The quantitative estimate of drug-likeness (QED) is 0.409. The Morgan fingerprint density at radius 2 is 2.08 bits per heavy atom. The van der Waals surface area contributed by atoms with Crippen LogP contribution in [0.3, 0.4) is 0 Å². The number of guanidine groups is 1. The molecule has 0 unspecified atom stereocenters. The van der Waals surface area contributed by atoms with Crippen molar-refractivity contribution in [2.75, 3.05) is 31.6 Å². The van der Waals surface area contributed by atoms with Crippen LogP contribution in [0.2, 0.25) is 0 Å². The Morgan fingerprint density at radius 1 is 1.38 bits per heavy atom. The summed E-state index contributed by atoms with van der Waals surface area (Å²) in [6.07, 6.45) is 0.637. The van der Waals surface area contributed by atoms with Gasteiger partial charge in [0.2, 0.25) is 0 Å². The van der Waals surface area contributed by atoms with Gasteiger partial charge in [-0.25, -0.2) is 8.42 Å². The number of rotatable bonds is 0. The molecule has 6 heteroatoms. The highest BCUT2D eigenvalue weighted by Gasteiger charge is 2.19. The molecular weight excluding hydrogens is 190 g/mol. The van der Waals surface area contributed by atoms with Crippen LogP contribution in [0.15, 0.2) is 4.99 Å². The van der Waals surface area contributed by atoms with E-state index >= 15 is 0 Å². The van der Waals surface area contributed by atoms with Crippen molar-refractivity contribution in [3.8, 4) is 0 Å². The molecule has 1 rings (SSSR count). The maximum atomic E-state index is 11.2. The van der Waals surface area contributed by atoms with E-state index in [0.717, 1.165) is 0 Å². The first kappa shape index (κ1) is 10.3. The minimum absolute atomic E-state index is 0.184. The number of nitrogens with two attached hydrogens (primary N) is 1. The lowest BCUT2D eigenvalue weighted by molar-refractivity contribution is 0.444. The van der Waals surface area contributed by atoms with Crippen molar-refractivity contribution < 1.29 is 8.42 Å². The minimum atomic E-state index is -2.85. The third-order valence-electron chi connectivity index (χ3n) is 2.11. The van der Waals surface area contributed by atoms with Crippen LogP contribution in [-0.4, -0.2) is 50.9 Å². The number of hydrogen-bond donors (Lipinski definition) is 1. The van der Waals surface area contributed by atoms with Crippen molar-refractivity contribution in [2.24, 2.45) is 10.7 Å². The van der Waals surface area contributed by atoms with E-state index in [1.165, 1.54) is 0 Å². The fourth-order valence-corrected chi connectivity index (χ4v) is 2.58. The maximum absolute atomic E-state index is 11.2. The third kappa shape index (κ3) is 2.87. The molecule has 13 heavy (non-hydrogen) atoms. The molecule has 2 N–H and O–H groups in total. The van der Waals surface area contributed by atoms with Crippen LogP contribution in [0.4, 0.5) is 0 Å². The van der Waals surface area contributed by atoms with Crippen molar-refractivity contribution in [3.05, 3.63) is 0 Å². The monoisotopic (exact) mass is 205 g/mol. The summed E-state index contributed by atoms with van der Waals surface area (Å²) in [5, 5.41) is 0. The first-order chi connectivity index (χ1) is 6.05. The molecule has 0 bridgehead atoms. The zero-order valence-electron chi connectivity index (χ0n) is 7.73. The summed E-state index contributed by atoms with van der Waals surface area (Å²) < 4.78 is 22.4. The summed E-state index contributed by atoms with van der Waals surface area (Å²) >= 11 is 0. The molecule has 0 aromatic carbocycles. The van der Waals surface area contributed by atoms with E-state index < -0.39 is 9.84 Å². The molecule has 0 radical (unpaired) electrons. The van der Waals surface area contributed by atoms with Crippen molar-refractivity contribution in [1.29, 1.82) is 0 Å². The highest BCUT2D eigenvalue weighted by atomic mass is 32.2. The van der Waals surface area contributed by atoms with Crippen molar-refractivity contribution in [2.45, 2.75) is 6.42 Å². The summed E-state index contributed by atoms with van der Waals surface area (Å²) in [5.41, 5.74) is 5.59. The van der Waals surface area contributed by atoms with Gasteiger partial charge < -0.3 is 10.6 Å². The lowest BCUT2D eigenvalue weighted by Gasteiger charge is -2.19. The Morgan fingerprint density at radius 3 is 2.69 bits per heavy atom. The fraction of sp³-hybridized carbons (Fsp3) is 0.857. The maximum Gasteiger partial charge on any atom is 0.190 e. The average Bonchev–Trinajstić information content (AvgIpc) is 2.25. The van der Waals surface area contributed by atoms with Crippen molar-refractivity contribution >= 4 is 15.8 Å². The largest absolute Gasteiger partial charge is 0.370 e. The van der Waals surface area contributed by atoms with Gasteiger partial charge in [0.25, 0.3) is 0 Å². The molecule has 0 aliphatic carbocycles. The van der Waals surface area contributed by atoms with Gasteiger partial charge in [-0.05, 0) is 6.42 Å². The third-order valence-corrected chi connectivity index (χ3v) is 3.82. The van der Waals surface area contributed by atoms with Gasteiger partial charge in [0.15, 0.2) is 15.8 Å². The second-order valence-electron chi connectivity index (χ2n) is 3.07. The Kier molecular flexibility index (Phi) is 3.13. The molecule has 76 valence electrons. The van der Waals surface area contributed by atoms with Gasteiger partial charge >= 0.3 is 0 Å². The van der Waals surface area contributed by atoms with Crippen LogP contribution in [0.25, 0.3) is 0 Å². The molecule has 1 saturated heterocycles. The Balaban J connectivity index is 2.65. The zero-order valence-corrected chi connectivity index (χ0v) is 8.55. The first-order valence-electron chi connectivity index (χ1n) is 4.23. The first-order valence-corrected chi connectivity index (χ1v) is 6.05. The topological polar surface area (TPSA) is 75.8 Å². The summed E-state index contributed by atoms with van der Waals surface area (Å²) in [6, 6.07) is 0. The summed E-state index contributed by atoms with van der Waals surface area (Å²) in [6.45, 7) is 1.15. The van der Waals surface area contributed by atoms with Crippen LogP contribution in [0, 0.1) is 0 Å². The smallest absolute Gasteiger partial charge is 0.190 e. The molecule has 0 amide bonds. The van der Waals surface area contributed by atoms with E-state index in [9.17, 15) is 8.42 Å². The zero-order chi connectivity index (χ0) is 9.90. The van der Waals surface area contributed by atoms with Crippen molar-refractivity contribution in [3.63, 3.8) is 0 Å². The van der Waals surface area contributed by atoms with Crippen LogP contribution >= 0.6 is 0 Å². The van der Waals surface area contributed by atoms with E-state index in [1.807, 2.05) is 4.90 Å². The lowest BCUT2D eigenvalue weighted by atomic mass is 10.4. The van der Waals surface area contributed by atoms with Gasteiger partial charge in [0.1, 0.15) is 0 Å². The summed E-state index contributed by atoms with van der Waals surface area (Å²) in [4.78, 5) is 5.64. The molecular formula is C7H15N3O2S. The molecule has 0 atom stereocenters. The van der Waals surface area contributed by atoms with Gasteiger partial charge in [0, 0.05) is 20.1 Å². The molecule has 0 saturated carbocycles. The molecule has 1 fully saturated rings. The van der Waals surface area contributed by atoms with Crippen LogP contribution < -0.4 is 5.73 Å². The summed E-state index contributed by atoms with van der Waals surface area (Å²) in [5.74, 6) is 0.876. The fourth-order valence-electron chi connectivity index (χ4n) is 1.31. The number of nitrogens with zero attached hydrogens (tertiary/aromatic N) is 2. The Bertz CT molecular complexity index is 297. The van der Waals surface area contributed by atoms with Gasteiger partial charge in [0.05, 0.1) is 11.5 Å². The van der Waals surface area contributed by atoms with Crippen LogP contribution in [0.5, 0.6) is 0 Å². The van der Waals surface area contributed by atoms with Gasteiger partial charge in [-0.1, -0.05) is 0 Å². The van der Waals surface area contributed by atoms with E-state index in [1.54, 1.807) is 7.05 Å². The molecule has 1 aliphatic rings. The van der Waals surface area contributed by atoms with Gasteiger partial charge in [-0.15, -0.1) is 0 Å². The number of aliphatic imine (C=N–C) groups is 1. The molecule has 0 spiro atoms. The van der Waals surface area contributed by atoms with Crippen molar-refractivity contribution in [1.82, 2.24) is 4.90 Å². The average molecular weight is 205 g/mol. The van der Waals surface area contributed by atoms with Crippen LogP contribution in [-0.2, 0) is 9.84 Å².